The average molecular weight is 667 g/mol. The first-order chi connectivity index (χ1) is 23.8. The lowest BCUT2D eigenvalue weighted by atomic mass is 10.1. The Balaban J connectivity index is 1.18. The number of nitrogens with one attached hydrogen (secondary N) is 3. The number of para-hydroxylation sites is 1. The first kappa shape index (κ1) is 33.3. The van der Waals surface area contributed by atoms with E-state index in [4.69, 9.17) is 0 Å². The number of thioether (sulfide) groups is 1. The Labute approximate surface area is 290 Å². The van der Waals surface area contributed by atoms with Crippen LogP contribution in [0.3, 0.4) is 0 Å². The number of aryl methyl sites for hydroxylation is 2. The number of aromatic nitrogens is 1. The van der Waals surface area contributed by atoms with E-state index in [-0.39, 0.29) is 22.8 Å². The van der Waals surface area contributed by atoms with Crippen LogP contribution in [0.25, 0.3) is 27.9 Å². The van der Waals surface area contributed by atoms with E-state index in [1.165, 1.54) is 17.3 Å². The normalized spacial score (nSPS) is 12.1. The number of benzene rings is 5. The van der Waals surface area contributed by atoms with Crippen LogP contribution in [-0.4, -0.2) is 27.5 Å². The molecule has 246 valence electrons. The molecule has 49 heavy (non-hydrogen) atoms. The summed E-state index contributed by atoms with van der Waals surface area (Å²) in [4.78, 5) is 41.0. The van der Waals surface area contributed by atoms with E-state index < -0.39 is 5.91 Å². The Hall–Kier alpha value is -5.60. The molecule has 6 rings (SSSR count). The fourth-order valence-corrected chi connectivity index (χ4v) is 6.89. The van der Waals surface area contributed by atoms with Gasteiger partial charge in [-0.1, -0.05) is 73.7 Å². The Bertz CT molecular complexity index is 2190. The number of fused-ring (bicyclic) bond motifs is 3. The molecule has 0 spiro atoms. The number of carbonyl (C=O) groups is 3. The average Bonchev–Trinajstić information content (AvgIpc) is 3.44. The largest absolute Gasteiger partial charge is 0.341 e. The highest BCUT2D eigenvalue weighted by Gasteiger charge is 2.20. The van der Waals surface area contributed by atoms with Crippen molar-refractivity contribution in [1.29, 1.82) is 0 Å². The van der Waals surface area contributed by atoms with E-state index in [1.807, 2.05) is 86.6 Å². The Morgan fingerprint density at radius 2 is 1.45 bits per heavy atom. The van der Waals surface area contributed by atoms with Gasteiger partial charge in [0.15, 0.2) is 0 Å². The Morgan fingerprint density at radius 1 is 0.735 bits per heavy atom. The summed E-state index contributed by atoms with van der Waals surface area (Å²) >= 11 is 1.44. The predicted octanol–water partition coefficient (Wildman–Crippen LogP) is 9.04. The van der Waals surface area contributed by atoms with Crippen LogP contribution in [-0.2, 0) is 16.1 Å². The summed E-state index contributed by atoms with van der Waals surface area (Å²) in [6.45, 7) is 6.93. The van der Waals surface area contributed by atoms with Gasteiger partial charge in [0, 0.05) is 50.2 Å². The monoisotopic (exact) mass is 666 g/mol. The van der Waals surface area contributed by atoms with Gasteiger partial charge in [-0.25, -0.2) is 0 Å². The van der Waals surface area contributed by atoms with Crippen molar-refractivity contribution in [3.05, 3.63) is 144 Å². The maximum atomic E-state index is 13.6. The van der Waals surface area contributed by atoms with E-state index >= 15 is 0 Å². The summed E-state index contributed by atoms with van der Waals surface area (Å²) in [6, 6.07) is 38.2. The number of carbonyl (C=O) groups excluding carboxylic acids is 3. The van der Waals surface area contributed by atoms with Crippen LogP contribution in [0.1, 0.15) is 41.8 Å². The molecule has 0 radical (unpaired) electrons. The molecule has 0 fully saturated rings. The summed E-state index contributed by atoms with van der Waals surface area (Å²) in [5.74, 6) is -0.932. The van der Waals surface area contributed by atoms with Crippen molar-refractivity contribution in [3.63, 3.8) is 0 Å². The number of rotatable bonds is 11. The van der Waals surface area contributed by atoms with Gasteiger partial charge in [-0.3, -0.25) is 14.4 Å². The second-order valence-corrected chi connectivity index (χ2v) is 13.0. The summed E-state index contributed by atoms with van der Waals surface area (Å²) in [6.07, 6.45) is 2.29. The van der Waals surface area contributed by atoms with Crippen molar-refractivity contribution in [3.8, 4) is 0 Å². The molecule has 0 saturated heterocycles. The highest BCUT2D eigenvalue weighted by atomic mass is 32.2. The Morgan fingerprint density at radius 3 is 2.22 bits per heavy atom. The first-order valence-electron chi connectivity index (χ1n) is 16.4. The van der Waals surface area contributed by atoms with Gasteiger partial charge in [0.25, 0.3) is 11.8 Å². The van der Waals surface area contributed by atoms with Crippen LogP contribution in [0.15, 0.2) is 132 Å². The number of amides is 3. The lowest BCUT2D eigenvalue weighted by Gasteiger charge is -2.16. The molecular weight excluding hydrogens is 629 g/mol. The molecule has 3 amide bonds. The van der Waals surface area contributed by atoms with Gasteiger partial charge >= 0.3 is 0 Å². The highest BCUT2D eigenvalue weighted by molar-refractivity contribution is 8.00. The quantitative estimate of drug-likeness (QED) is 0.0951. The van der Waals surface area contributed by atoms with Crippen LogP contribution in [0.2, 0.25) is 0 Å². The molecule has 1 atom stereocenters. The molecule has 1 aromatic heterocycles. The molecule has 0 bridgehead atoms. The maximum Gasteiger partial charge on any atom is 0.272 e. The third-order valence-electron chi connectivity index (χ3n) is 8.41. The molecule has 1 heterocycles. The third-order valence-corrected chi connectivity index (χ3v) is 9.76. The molecule has 8 heteroatoms. The van der Waals surface area contributed by atoms with Crippen LogP contribution in [0, 0.1) is 6.92 Å². The predicted molar refractivity (Wildman–Crippen MR) is 202 cm³/mol. The van der Waals surface area contributed by atoms with Gasteiger partial charge in [0.1, 0.15) is 5.70 Å². The second-order valence-electron chi connectivity index (χ2n) is 11.7. The van der Waals surface area contributed by atoms with Gasteiger partial charge in [-0.05, 0) is 92.1 Å². The topological polar surface area (TPSA) is 92.2 Å². The van der Waals surface area contributed by atoms with Gasteiger partial charge in [-0.15, -0.1) is 11.8 Å². The first-order valence-corrected chi connectivity index (χ1v) is 17.3. The zero-order chi connectivity index (χ0) is 34.3. The number of hydrogen-bond acceptors (Lipinski definition) is 4. The minimum absolute atomic E-state index is 0.0902. The van der Waals surface area contributed by atoms with E-state index in [1.54, 1.807) is 36.4 Å². The van der Waals surface area contributed by atoms with Crippen molar-refractivity contribution >= 4 is 68.7 Å². The standard InChI is InChI=1S/C41H38N4O3S/c1-4-38(41(48)43-31-22-23-37-34(26-31)33-20-11-12-21-36(33)45(37)5-2)49-32-19-13-18-30(25-32)42-40(47)35(24-29-17-10-9-14-27(29)3)44-39(46)28-15-7-6-8-16-28/h6-26,38H,4-5H2,1-3H3,(H,42,47)(H,43,48)(H,44,46)/b35-24-. The van der Waals surface area contributed by atoms with E-state index in [0.717, 1.165) is 44.5 Å². The molecular formula is C41H38N4O3S. The van der Waals surface area contributed by atoms with E-state index in [0.29, 0.717) is 17.7 Å². The smallest absolute Gasteiger partial charge is 0.272 e. The molecule has 6 aromatic rings. The lowest BCUT2D eigenvalue weighted by Crippen LogP contribution is -2.30. The summed E-state index contributed by atoms with van der Waals surface area (Å²) in [7, 11) is 0. The van der Waals surface area contributed by atoms with E-state index in [9.17, 15) is 14.4 Å². The van der Waals surface area contributed by atoms with Crippen molar-refractivity contribution in [2.75, 3.05) is 10.6 Å². The van der Waals surface area contributed by atoms with Crippen LogP contribution < -0.4 is 16.0 Å². The lowest BCUT2D eigenvalue weighted by molar-refractivity contribution is -0.116. The Kier molecular flexibility index (Phi) is 10.3. The molecule has 7 nitrogen and oxygen atoms in total. The van der Waals surface area contributed by atoms with Gasteiger partial charge in [0.2, 0.25) is 5.91 Å². The van der Waals surface area contributed by atoms with Crippen molar-refractivity contribution in [2.45, 2.75) is 43.9 Å². The molecule has 0 saturated carbocycles. The summed E-state index contributed by atoms with van der Waals surface area (Å²) in [5, 5.41) is 10.8. The van der Waals surface area contributed by atoms with Gasteiger partial charge in [-0.2, -0.15) is 0 Å². The van der Waals surface area contributed by atoms with Crippen molar-refractivity contribution in [2.24, 2.45) is 0 Å². The number of anilines is 2. The van der Waals surface area contributed by atoms with Gasteiger partial charge in [0.05, 0.1) is 5.25 Å². The molecule has 0 aliphatic carbocycles. The second kappa shape index (κ2) is 15.1. The van der Waals surface area contributed by atoms with E-state index in [2.05, 4.69) is 45.6 Å². The minimum atomic E-state index is -0.459. The van der Waals surface area contributed by atoms with Crippen LogP contribution in [0.4, 0.5) is 11.4 Å². The van der Waals surface area contributed by atoms with Crippen molar-refractivity contribution < 1.29 is 14.4 Å². The van der Waals surface area contributed by atoms with Crippen molar-refractivity contribution in [1.82, 2.24) is 9.88 Å². The molecule has 0 aliphatic heterocycles. The molecule has 5 aromatic carbocycles. The zero-order valence-corrected chi connectivity index (χ0v) is 28.5. The number of hydrogen-bond donors (Lipinski definition) is 3. The fourth-order valence-electron chi connectivity index (χ4n) is 5.87. The zero-order valence-electron chi connectivity index (χ0n) is 27.7. The number of nitrogens with zero attached hydrogens (tertiary/aromatic N) is 1. The van der Waals surface area contributed by atoms with Crippen LogP contribution >= 0.6 is 11.8 Å². The molecule has 3 N–H and O–H groups in total. The minimum Gasteiger partial charge on any atom is -0.341 e. The molecule has 1 unspecified atom stereocenters. The fraction of sp³-hybridized carbons (Fsp3) is 0.146. The molecule has 0 aliphatic rings. The summed E-state index contributed by atoms with van der Waals surface area (Å²) in [5.41, 5.74) is 5.96. The maximum absolute atomic E-state index is 13.6. The van der Waals surface area contributed by atoms with Crippen LogP contribution in [0.5, 0.6) is 0 Å². The highest BCUT2D eigenvalue weighted by Crippen LogP contribution is 2.32. The SMILES string of the molecule is CCC(Sc1cccc(NC(=O)/C(=C/c2ccccc2C)NC(=O)c2ccccc2)c1)C(=O)Nc1ccc2c(c1)c1ccccc1n2CC. The summed E-state index contributed by atoms with van der Waals surface area (Å²) < 4.78 is 2.28. The third kappa shape index (κ3) is 7.60. The van der Waals surface area contributed by atoms with Gasteiger partial charge < -0.3 is 20.5 Å².